The van der Waals surface area contributed by atoms with Gasteiger partial charge in [-0.1, -0.05) is 30.3 Å². The number of H-pyrrole nitrogens is 1. The molecule has 0 spiro atoms. The molecule has 84 valence electrons. The molecule has 1 aliphatic heterocycles. The van der Waals surface area contributed by atoms with Crippen molar-refractivity contribution in [1.29, 1.82) is 0 Å². The molecule has 0 fully saturated rings. The summed E-state index contributed by atoms with van der Waals surface area (Å²) < 4.78 is 0. The van der Waals surface area contributed by atoms with Gasteiger partial charge in [-0.25, -0.2) is 0 Å². The zero-order valence-electron chi connectivity index (χ0n) is 8.86. The number of hydrogen-bond donors (Lipinski definition) is 2. The lowest BCUT2D eigenvalue weighted by molar-refractivity contribution is 0.633. The summed E-state index contributed by atoms with van der Waals surface area (Å²) in [5.41, 5.74) is 4.93. The number of aromatic nitrogens is 2. The Morgan fingerprint density at radius 1 is 1.12 bits per heavy atom. The molecule has 16 heavy (non-hydrogen) atoms. The van der Waals surface area contributed by atoms with Crippen molar-refractivity contribution < 1.29 is 0 Å². The van der Waals surface area contributed by atoms with E-state index in [1.54, 1.807) is 0 Å². The maximum absolute atomic E-state index is 4.40. The molecule has 1 aliphatic rings. The highest BCUT2D eigenvalue weighted by Gasteiger charge is 2.16. The van der Waals surface area contributed by atoms with Crippen LogP contribution in [0.5, 0.6) is 0 Å². The summed E-state index contributed by atoms with van der Waals surface area (Å²) in [7, 11) is 0. The van der Waals surface area contributed by atoms with Crippen LogP contribution in [-0.2, 0) is 13.0 Å². The van der Waals surface area contributed by atoms with Crippen molar-refractivity contribution in [2.75, 3.05) is 6.54 Å². The quantitative estimate of drug-likeness (QED) is 0.795. The predicted molar refractivity (Wildman–Crippen MR) is 66.7 cm³/mol. The number of nitrogens with zero attached hydrogens (tertiary/aromatic N) is 1. The summed E-state index contributed by atoms with van der Waals surface area (Å²) in [4.78, 5) is 0. The van der Waals surface area contributed by atoms with Gasteiger partial charge in [0.25, 0.3) is 0 Å². The summed E-state index contributed by atoms with van der Waals surface area (Å²) in [6, 6.07) is 10.4. The molecule has 0 unspecified atom stereocenters. The highest BCUT2D eigenvalue weighted by atomic mass is 35.5. The van der Waals surface area contributed by atoms with E-state index in [1.165, 1.54) is 16.8 Å². The van der Waals surface area contributed by atoms with E-state index in [9.17, 15) is 0 Å². The molecule has 0 atom stereocenters. The fourth-order valence-electron chi connectivity index (χ4n) is 2.08. The summed E-state index contributed by atoms with van der Waals surface area (Å²) in [5.74, 6) is 0. The highest BCUT2D eigenvalue weighted by molar-refractivity contribution is 5.85. The van der Waals surface area contributed by atoms with E-state index in [4.69, 9.17) is 0 Å². The Labute approximate surface area is 101 Å². The van der Waals surface area contributed by atoms with Crippen LogP contribution < -0.4 is 5.32 Å². The Morgan fingerprint density at radius 2 is 1.94 bits per heavy atom. The Bertz CT molecular complexity index is 464. The fourth-order valence-corrected chi connectivity index (χ4v) is 2.08. The summed E-state index contributed by atoms with van der Waals surface area (Å²) in [5, 5.41) is 10.8. The predicted octanol–water partition coefficient (Wildman–Crippen LogP) is 2.14. The smallest absolute Gasteiger partial charge is 0.0956 e. The molecular weight excluding hydrogens is 222 g/mol. The van der Waals surface area contributed by atoms with E-state index in [-0.39, 0.29) is 12.4 Å². The number of benzene rings is 1. The van der Waals surface area contributed by atoms with Crippen LogP contribution in [-0.4, -0.2) is 16.7 Å². The van der Waals surface area contributed by atoms with Crippen LogP contribution in [0.2, 0.25) is 0 Å². The van der Waals surface area contributed by atoms with Crippen molar-refractivity contribution >= 4 is 12.4 Å². The lowest BCUT2D eigenvalue weighted by Gasteiger charge is -2.12. The topological polar surface area (TPSA) is 40.7 Å². The van der Waals surface area contributed by atoms with Gasteiger partial charge in [0.05, 0.1) is 11.4 Å². The van der Waals surface area contributed by atoms with Crippen molar-refractivity contribution in [3.05, 3.63) is 41.6 Å². The maximum atomic E-state index is 4.40. The normalized spacial score (nSPS) is 14.0. The van der Waals surface area contributed by atoms with Crippen LogP contribution in [0.3, 0.4) is 0 Å². The minimum Gasteiger partial charge on any atom is -0.311 e. The largest absolute Gasteiger partial charge is 0.311 e. The minimum atomic E-state index is 0. The van der Waals surface area contributed by atoms with Crippen molar-refractivity contribution in [3.8, 4) is 11.3 Å². The molecule has 0 saturated heterocycles. The summed E-state index contributed by atoms with van der Waals surface area (Å²) in [6.07, 6.45) is 1.07. The van der Waals surface area contributed by atoms with E-state index in [0.29, 0.717) is 0 Å². The van der Waals surface area contributed by atoms with E-state index < -0.39 is 0 Å². The molecule has 0 bridgehead atoms. The Balaban J connectivity index is 0.000000963. The molecule has 2 heterocycles. The Morgan fingerprint density at radius 3 is 2.75 bits per heavy atom. The number of fused-ring (bicyclic) bond motifs is 1. The van der Waals surface area contributed by atoms with Gasteiger partial charge in [-0.3, -0.25) is 5.10 Å². The van der Waals surface area contributed by atoms with E-state index in [2.05, 4.69) is 39.8 Å². The van der Waals surface area contributed by atoms with E-state index in [0.717, 1.165) is 25.2 Å². The van der Waals surface area contributed by atoms with Crippen molar-refractivity contribution in [2.24, 2.45) is 0 Å². The van der Waals surface area contributed by atoms with Gasteiger partial charge in [0, 0.05) is 17.7 Å². The number of nitrogens with one attached hydrogen (secondary N) is 2. The maximum Gasteiger partial charge on any atom is 0.0956 e. The molecule has 0 aliphatic carbocycles. The molecular formula is C12H14ClN3. The molecule has 3 nitrogen and oxygen atoms in total. The standard InChI is InChI=1S/C12H13N3.ClH/c1-2-4-9(5-3-1)12-10-6-7-13-8-11(10)14-15-12;/h1-5,13H,6-8H2,(H,14,15);1H. The molecule has 2 aromatic rings. The molecule has 0 saturated carbocycles. The first-order valence-corrected chi connectivity index (χ1v) is 5.27. The third-order valence-electron chi connectivity index (χ3n) is 2.85. The zero-order valence-corrected chi connectivity index (χ0v) is 9.68. The zero-order chi connectivity index (χ0) is 10.1. The Hall–Kier alpha value is -1.32. The van der Waals surface area contributed by atoms with Crippen molar-refractivity contribution in [1.82, 2.24) is 15.5 Å². The third kappa shape index (κ3) is 1.84. The van der Waals surface area contributed by atoms with Gasteiger partial charge in [-0.05, 0) is 13.0 Å². The first-order chi connectivity index (χ1) is 7.45. The second-order valence-electron chi connectivity index (χ2n) is 3.82. The molecule has 1 aromatic heterocycles. The monoisotopic (exact) mass is 235 g/mol. The molecule has 0 radical (unpaired) electrons. The van der Waals surface area contributed by atoms with Gasteiger partial charge in [0.2, 0.25) is 0 Å². The average Bonchev–Trinajstić information content (AvgIpc) is 2.74. The average molecular weight is 236 g/mol. The summed E-state index contributed by atoms with van der Waals surface area (Å²) in [6.45, 7) is 1.96. The van der Waals surface area contributed by atoms with E-state index >= 15 is 0 Å². The molecule has 0 amide bonds. The van der Waals surface area contributed by atoms with Crippen molar-refractivity contribution in [2.45, 2.75) is 13.0 Å². The first kappa shape index (κ1) is 11.2. The first-order valence-electron chi connectivity index (χ1n) is 5.27. The summed E-state index contributed by atoms with van der Waals surface area (Å²) >= 11 is 0. The van der Waals surface area contributed by atoms with Crippen LogP contribution in [0, 0.1) is 0 Å². The van der Waals surface area contributed by atoms with Crippen LogP contribution in [0.15, 0.2) is 30.3 Å². The highest BCUT2D eigenvalue weighted by Crippen LogP contribution is 2.25. The fraction of sp³-hybridized carbons (Fsp3) is 0.250. The van der Waals surface area contributed by atoms with Crippen LogP contribution in [0.4, 0.5) is 0 Å². The van der Waals surface area contributed by atoms with Gasteiger partial charge in [0.15, 0.2) is 0 Å². The van der Waals surface area contributed by atoms with Gasteiger partial charge in [0.1, 0.15) is 0 Å². The second-order valence-corrected chi connectivity index (χ2v) is 3.82. The number of hydrogen-bond acceptors (Lipinski definition) is 2. The van der Waals surface area contributed by atoms with E-state index in [1.807, 2.05) is 6.07 Å². The van der Waals surface area contributed by atoms with Crippen LogP contribution in [0.25, 0.3) is 11.3 Å². The number of aromatic amines is 1. The second kappa shape index (κ2) is 4.68. The molecule has 2 N–H and O–H groups in total. The third-order valence-corrected chi connectivity index (χ3v) is 2.85. The number of rotatable bonds is 1. The number of halogens is 1. The van der Waals surface area contributed by atoms with Gasteiger partial charge in [-0.15, -0.1) is 12.4 Å². The molecule has 3 rings (SSSR count). The van der Waals surface area contributed by atoms with Crippen LogP contribution in [0.1, 0.15) is 11.3 Å². The SMILES string of the molecule is Cl.c1ccc(-c2n[nH]c3c2CCNC3)cc1. The van der Waals surface area contributed by atoms with Gasteiger partial charge < -0.3 is 5.32 Å². The lowest BCUT2D eigenvalue weighted by atomic mass is 10.0. The van der Waals surface area contributed by atoms with Crippen LogP contribution >= 0.6 is 12.4 Å². The lowest BCUT2D eigenvalue weighted by Crippen LogP contribution is -2.23. The molecule has 1 aromatic carbocycles. The Kier molecular flexibility index (Phi) is 3.27. The van der Waals surface area contributed by atoms with Gasteiger partial charge in [-0.2, -0.15) is 5.10 Å². The minimum absolute atomic E-state index is 0. The van der Waals surface area contributed by atoms with Crippen molar-refractivity contribution in [3.63, 3.8) is 0 Å². The molecule has 4 heteroatoms. The van der Waals surface area contributed by atoms with Gasteiger partial charge >= 0.3 is 0 Å².